The van der Waals surface area contributed by atoms with Gasteiger partial charge in [-0.3, -0.25) is 4.99 Å². The molecule has 1 aromatic heterocycles. The molecule has 1 aliphatic heterocycles. The molecule has 1 N–H and O–H groups in total. The fraction of sp³-hybridized carbons (Fsp3) is 0.444. The van der Waals surface area contributed by atoms with Gasteiger partial charge in [-0.25, -0.2) is 9.37 Å². The summed E-state index contributed by atoms with van der Waals surface area (Å²) in [4.78, 5) is 13.2. The number of piperazine rings is 1. The molecule has 0 atom stereocenters. The van der Waals surface area contributed by atoms with Crippen molar-refractivity contribution in [1.82, 2.24) is 15.2 Å². The first-order valence-corrected chi connectivity index (χ1v) is 8.46. The van der Waals surface area contributed by atoms with Crippen molar-refractivity contribution in [3.63, 3.8) is 0 Å². The topological polar surface area (TPSA) is 56.9 Å². The minimum atomic E-state index is -0.205. The van der Waals surface area contributed by atoms with Crippen molar-refractivity contribution in [2.75, 3.05) is 38.1 Å². The number of anilines is 1. The van der Waals surface area contributed by atoms with E-state index >= 15 is 0 Å². The number of hydrogen-bond donors (Lipinski definition) is 1. The maximum absolute atomic E-state index is 13.1. The molecule has 0 spiro atoms. The van der Waals surface area contributed by atoms with Gasteiger partial charge in [0.05, 0.1) is 12.2 Å². The molecule has 0 bridgehead atoms. The van der Waals surface area contributed by atoms with Crippen LogP contribution in [0.4, 0.5) is 10.1 Å². The Morgan fingerprint density at radius 3 is 2.44 bits per heavy atom. The van der Waals surface area contributed by atoms with Crippen LogP contribution in [-0.2, 0) is 6.54 Å². The van der Waals surface area contributed by atoms with E-state index in [9.17, 15) is 4.39 Å². The number of nitrogens with zero attached hydrogens (tertiary/aromatic N) is 4. The van der Waals surface area contributed by atoms with E-state index in [1.807, 2.05) is 26.0 Å². The van der Waals surface area contributed by atoms with Crippen molar-refractivity contribution in [1.29, 1.82) is 0 Å². The monoisotopic (exact) mass is 345 g/mol. The molecule has 1 aromatic carbocycles. The lowest BCUT2D eigenvalue weighted by atomic mass is 10.2. The largest absolute Gasteiger partial charge is 0.444 e. The number of hydrogen-bond acceptors (Lipinski definition) is 4. The first-order chi connectivity index (χ1) is 12.1. The van der Waals surface area contributed by atoms with E-state index in [-0.39, 0.29) is 5.82 Å². The quantitative estimate of drug-likeness (QED) is 0.683. The first-order valence-electron chi connectivity index (χ1n) is 8.46. The molecule has 0 aliphatic carbocycles. The van der Waals surface area contributed by atoms with Crippen LogP contribution in [0.5, 0.6) is 0 Å². The second kappa shape index (κ2) is 7.55. The number of aromatic nitrogens is 1. The highest BCUT2D eigenvalue weighted by molar-refractivity contribution is 5.80. The van der Waals surface area contributed by atoms with Crippen LogP contribution >= 0.6 is 0 Å². The average Bonchev–Trinajstić information content (AvgIpc) is 2.95. The zero-order chi connectivity index (χ0) is 17.8. The Kier molecular flexibility index (Phi) is 5.21. The highest BCUT2D eigenvalue weighted by Gasteiger charge is 2.20. The highest BCUT2D eigenvalue weighted by Crippen LogP contribution is 2.17. The zero-order valence-electron chi connectivity index (χ0n) is 14.9. The van der Waals surface area contributed by atoms with Crippen molar-refractivity contribution in [2.24, 2.45) is 4.99 Å². The standard InChI is InChI=1S/C18H24FN5O/c1-13-14(2)25-17(22-13)12-21-18(20-3)24-10-8-23(9-11-24)16-6-4-15(19)5-7-16/h4-7H,8-12H2,1-3H3,(H,20,21). The lowest BCUT2D eigenvalue weighted by Gasteiger charge is -2.37. The van der Waals surface area contributed by atoms with E-state index in [2.05, 4.69) is 25.1 Å². The van der Waals surface area contributed by atoms with Gasteiger partial charge in [0.25, 0.3) is 0 Å². The van der Waals surface area contributed by atoms with Gasteiger partial charge in [0.1, 0.15) is 11.6 Å². The minimum Gasteiger partial charge on any atom is -0.444 e. The van der Waals surface area contributed by atoms with Gasteiger partial charge < -0.3 is 19.5 Å². The highest BCUT2D eigenvalue weighted by atomic mass is 19.1. The summed E-state index contributed by atoms with van der Waals surface area (Å²) < 4.78 is 18.7. The van der Waals surface area contributed by atoms with Gasteiger partial charge in [0, 0.05) is 38.9 Å². The normalized spacial score (nSPS) is 15.6. The number of benzene rings is 1. The van der Waals surface area contributed by atoms with Gasteiger partial charge in [0.2, 0.25) is 5.89 Å². The van der Waals surface area contributed by atoms with Crippen LogP contribution in [0.3, 0.4) is 0 Å². The van der Waals surface area contributed by atoms with Crippen LogP contribution in [0.25, 0.3) is 0 Å². The van der Waals surface area contributed by atoms with Gasteiger partial charge in [-0.1, -0.05) is 0 Å². The molecule has 1 aliphatic rings. The summed E-state index contributed by atoms with van der Waals surface area (Å²) in [5, 5.41) is 3.31. The molecule has 3 rings (SSSR count). The number of rotatable bonds is 3. The Bertz CT molecular complexity index is 713. The number of oxazole rings is 1. The van der Waals surface area contributed by atoms with Crippen molar-refractivity contribution in [2.45, 2.75) is 20.4 Å². The molecule has 7 heteroatoms. The number of aliphatic imine (C=N–C) groups is 1. The van der Waals surface area contributed by atoms with Crippen LogP contribution in [0.15, 0.2) is 33.7 Å². The van der Waals surface area contributed by atoms with E-state index < -0.39 is 0 Å². The Morgan fingerprint density at radius 2 is 1.88 bits per heavy atom. The van der Waals surface area contributed by atoms with E-state index in [0.717, 1.165) is 49.3 Å². The zero-order valence-corrected chi connectivity index (χ0v) is 14.9. The van der Waals surface area contributed by atoms with Crippen LogP contribution in [0.2, 0.25) is 0 Å². The summed E-state index contributed by atoms with van der Waals surface area (Å²) in [5.74, 6) is 2.15. The number of guanidine groups is 1. The van der Waals surface area contributed by atoms with Gasteiger partial charge in [-0.05, 0) is 38.1 Å². The summed E-state index contributed by atoms with van der Waals surface area (Å²) in [5.41, 5.74) is 1.97. The van der Waals surface area contributed by atoms with Gasteiger partial charge in [-0.2, -0.15) is 0 Å². The summed E-state index contributed by atoms with van der Waals surface area (Å²) >= 11 is 0. The molecule has 1 saturated heterocycles. The summed E-state index contributed by atoms with van der Waals surface area (Å²) in [6, 6.07) is 6.65. The van der Waals surface area contributed by atoms with E-state index in [0.29, 0.717) is 12.4 Å². The molecule has 6 nitrogen and oxygen atoms in total. The van der Waals surface area contributed by atoms with Gasteiger partial charge in [-0.15, -0.1) is 0 Å². The number of aryl methyl sites for hydroxylation is 2. The Hall–Kier alpha value is -2.57. The SMILES string of the molecule is CN=C(NCc1nc(C)c(C)o1)N1CCN(c2ccc(F)cc2)CC1. The molecule has 134 valence electrons. The van der Waals surface area contributed by atoms with Crippen LogP contribution < -0.4 is 10.2 Å². The Labute approximate surface area is 147 Å². The second-order valence-corrected chi connectivity index (χ2v) is 6.10. The molecule has 1 fully saturated rings. The third-order valence-electron chi connectivity index (χ3n) is 4.45. The Balaban J connectivity index is 1.54. The summed E-state index contributed by atoms with van der Waals surface area (Å²) in [6.45, 7) is 7.79. The van der Waals surface area contributed by atoms with Crippen LogP contribution in [-0.4, -0.2) is 49.1 Å². The first kappa shape index (κ1) is 17.3. The maximum Gasteiger partial charge on any atom is 0.214 e. The van der Waals surface area contributed by atoms with Gasteiger partial charge in [0.15, 0.2) is 5.96 Å². The van der Waals surface area contributed by atoms with E-state index in [4.69, 9.17) is 4.42 Å². The fourth-order valence-electron chi connectivity index (χ4n) is 2.93. The van der Waals surface area contributed by atoms with Crippen molar-refractivity contribution < 1.29 is 8.81 Å². The molecular weight excluding hydrogens is 321 g/mol. The lowest BCUT2D eigenvalue weighted by Crippen LogP contribution is -2.52. The maximum atomic E-state index is 13.1. The molecule has 0 amide bonds. The fourth-order valence-corrected chi connectivity index (χ4v) is 2.93. The third-order valence-corrected chi connectivity index (χ3v) is 4.45. The molecule has 0 radical (unpaired) electrons. The third kappa shape index (κ3) is 4.10. The van der Waals surface area contributed by atoms with Crippen LogP contribution in [0, 0.1) is 19.7 Å². The second-order valence-electron chi connectivity index (χ2n) is 6.10. The molecule has 2 heterocycles. The van der Waals surface area contributed by atoms with Crippen molar-refractivity contribution in [3.8, 4) is 0 Å². The number of nitrogens with one attached hydrogen (secondary N) is 1. The van der Waals surface area contributed by atoms with E-state index in [1.54, 1.807) is 7.05 Å². The molecule has 2 aromatic rings. The molecular formula is C18H24FN5O. The number of halogens is 1. The predicted molar refractivity (Wildman–Crippen MR) is 96.4 cm³/mol. The minimum absolute atomic E-state index is 0.205. The Morgan fingerprint density at radius 1 is 1.20 bits per heavy atom. The summed E-state index contributed by atoms with van der Waals surface area (Å²) in [6.07, 6.45) is 0. The van der Waals surface area contributed by atoms with Crippen molar-refractivity contribution in [3.05, 3.63) is 47.4 Å². The van der Waals surface area contributed by atoms with E-state index in [1.165, 1.54) is 12.1 Å². The molecule has 25 heavy (non-hydrogen) atoms. The van der Waals surface area contributed by atoms with Crippen molar-refractivity contribution >= 4 is 11.6 Å². The van der Waals surface area contributed by atoms with Crippen LogP contribution in [0.1, 0.15) is 17.3 Å². The molecule has 0 saturated carbocycles. The summed E-state index contributed by atoms with van der Waals surface area (Å²) in [7, 11) is 1.78. The van der Waals surface area contributed by atoms with Gasteiger partial charge >= 0.3 is 0 Å². The molecule has 0 unspecified atom stereocenters. The average molecular weight is 345 g/mol. The predicted octanol–water partition coefficient (Wildman–Crippen LogP) is 2.33. The lowest BCUT2D eigenvalue weighted by molar-refractivity contribution is 0.368. The smallest absolute Gasteiger partial charge is 0.214 e.